The highest BCUT2D eigenvalue weighted by Gasteiger charge is 2.01. The highest BCUT2D eigenvalue weighted by Crippen LogP contribution is 2.18. The minimum atomic E-state index is -0.182. The number of halogens is 1. The second kappa shape index (κ2) is 4.71. The van der Waals surface area contributed by atoms with E-state index in [1.54, 1.807) is 12.4 Å². The summed E-state index contributed by atoms with van der Waals surface area (Å²) in [7, 11) is 0. The molecule has 0 atom stereocenters. The summed E-state index contributed by atoms with van der Waals surface area (Å²) < 4.78 is 0.964. The molecule has 0 fully saturated rings. The van der Waals surface area contributed by atoms with E-state index in [1.807, 2.05) is 0 Å². The summed E-state index contributed by atoms with van der Waals surface area (Å²) >= 11 is 3.34. The van der Waals surface area contributed by atoms with Crippen LogP contribution >= 0.6 is 34.4 Å². The molecule has 2 aromatic rings. The first-order valence-electron chi connectivity index (χ1n) is 3.95. The van der Waals surface area contributed by atoms with Crippen molar-refractivity contribution in [2.45, 2.75) is 10.3 Å². The highest BCUT2D eigenvalue weighted by molar-refractivity contribution is 14.1. The van der Waals surface area contributed by atoms with E-state index >= 15 is 0 Å². The molecule has 15 heavy (non-hydrogen) atoms. The topological polar surface area (TPSA) is 71.5 Å². The standard InChI is InChI=1S/C8H5IN4OS/c9-5-3-11-7(12-4-5)15-8-10-2-1-6(14)13-8/h1-4H,(H,10,13,14). The maximum Gasteiger partial charge on any atom is 0.251 e. The van der Waals surface area contributed by atoms with Gasteiger partial charge in [-0.2, -0.15) is 0 Å². The zero-order chi connectivity index (χ0) is 10.7. The van der Waals surface area contributed by atoms with Gasteiger partial charge in [-0.25, -0.2) is 15.0 Å². The summed E-state index contributed by atoms with van der Waals surface area (Å²) in [5, 5.41) is 1.05. The third-order valence-corrected chi connectivity index (χ3v) is 2.78. The van der Waals surface area contributed by atoms with Crippen molar-refractivity contribution in [1.29, 1.82) is 0 Å². The Balaban J connectivity index is 2.22. The predicted molar refractivity (Wildman–Crippen MR) is 63.7 cm³/mol. The van der Waals surface area contributed by atoms with Gasteiger partial charge in [-0.1, -0.05) is 0 Å². The van der Waals surface area contributed by atoms with E-state index in [4.69, 9.17) is 0 Å². The maximum absolute atomic E-state index is 11.0. The van der Waals surface area contributed by atoms with Crippen LogP contribution in [0, 0.1) is 3.57 Å². The fourth-order valence-corrected chi connectivity index (χ4v) is 1.77. The summed E-state index contributed by atoms with van der Waals surface area (Å²) in [5.41, 5.74) is -0.182. The molecule has 2 rings (SSSR count). The Hall–Kier alpha value is -0.960. The van der Waals surface area contributed by atoms with Crippen LogP contribution in [0.2, 0.25) is 0 Å². The predicted octanol–water partition coefficient (Wildman–Crippen LogP) is 1.32. The molecule has 0 amide bonds. The molecule has 2 aromatic heterocycles. The van der Waals surface area contributed by atoms with Crippen molar-refractivity contribution in [2.24, 2.45) is 0 Å². The SMILES string of the molecule is O=c1ccnc(Sc2ncc(I)cn2)[nH]1. The molecule has 0 saturated carbocycles. The van der Waals surface area contributed by atoms with E-state index in [0.717, 1.165) is 3.57 Å². The number of aromatic nitrogens is 4. The second-order valence-corrected chi connectivity index (χ2v) is 4.73. The van der Waals surface area contributed by atoms with Gasteiger partial charge in [0.05, 0.1) is 0 Å². The fraction of sp³-hybridized carbons (Fsp3) is 0. The lowest BCUT2D eigenvalue weighted by molar-refractivity contribution is 0.907. The first-order chi connectivity index (χ1) is 7.24. The molecule has 0 aliphatic carbocycles. The molecular formula is C8H5IN4OS. The molecule has 7 heteroatoms. The van der Waals surface area contributed by atoms with Crippen LogP contribution in [0.25, 0.3) is 0 Å². The maximum atomic E-state index is 11.0. The minimum Gasteiger partial charge on any atom is -0.301 e. The summed E-state index contributed by atoms with van der Waals surface area (Å²) in [4.78, 5) is 25.7. The first kappa shape index (κ1) is 10.6. The molecule has 76 valence electrons. The summed E-state index contributed by atoms with van der Waals surface area (Å²) in [6, 6.07) is 1.36. The average molecular weight is 332 g/mol. The molecule has 2 heterocycles. The molecule has 0 radical (unpaired) electrons. The van der Waals surface area contributed by atoms with Gasteiger partial charge in [0.25, 0.3) is 5.56 Å². The molecule has 5 nitrogen and oxygen atoms in total. The Kier molecular flexibility index (Phi) is 3.31. The van der Waals surface area contributed by atoms with Crippen LogP contribution in [0.3, 0.4) is 0 Å². The monoisotopic (exact) mass is 332 g/mol. The Morgan fingerprint density at radius 2 is 2.00 bits per heavy atom. The number of hydrogen-bond acceptors (Lipinski definition) is 5. The van der Waals surface area contributed by atoms with E-state index in [-0.39, 0.29) is 5.56 Å². The van der Waals surface area contributed by atoms with Gasteiger partial charge in [-0.3, -0.25) is 4.79 Å². The second-order valence-electron chi connectivity index (χ2n) is 2.53. The molecule has 0 unspecified atom stereocenters. The van der Waals surface area contributed by atoms with Gasteiger partial charge in [0.1, 0.15) is 0 Å². The van der Waals surface area contributed by atoms with Crippen molar-refractivity contribution in [3.63, 3.8) is 0 Å². The number of rotatable bonds is 2. The van der Waals surface area contributed by atoms with E-state index in [2.05, 4.69) is 42.5 Å². The molecule has 1 N–H and O–H groups in total. The van der Waals surface area contributed by atoms with Crippen molar-refractivity contribution in [3.8, 4) is 0 Å². The molecule has 0 aliphatic heterocycles. The van der Waals surface area contributed by atoms with Crippen molar-refractivity contribution in [3.05, 3.63) is 38.6 Å². The zero-order valence-electron chi connectivity index (χ0n) is 7.35. The number of nitrogens with zero attached hydrogens (tertiary/aromatic N) is 3. The van der Waals surface area contributed by atoms with Crippen LogP contribution in [0.15, 0.2) is 39.8 Å². The summed E-state index contributed by atoms with van der Waals surface area (Å²) in [6.07, 6.45) is 4.86. The quantitative estimate of drug-likeness (QED) is 0.663. The van der Waals surface area contributed by atoms with Gasteiger partial charge < -0.3 is 4.98 Å². The average Bonchev–Trinajstić information content (AvgIpc) is 2.22. The van der Waals surface area contributed by atoms with Gasteiger partial charge in [-0.05, 0) is 34.4 Å². The molecule has 0 saturated heterocycles. The lowest BCUT2D eigenvalue weighted by Crippen LogP contribution is -2.05. The summed E-state index contributed by atoms with van der Waals surface area (Å²) in [6.45, 7) is 0. The summed E-state index contributed by atoms with van der Waals surface area (Å²) in [5.74, 6) is 0. The van der Waals surface area contributed by atoms with Gasteiger partial charge in [0, 0.05) is 28.2 Å². The number of H-pyrrole nitrogens is 1. The van der Waals surface area contributed by atoms with Crippen molar-refractivity contribution in [2.75, 3.05) is 0 Å². The zero-order valence-corrected chi connectivity index (χ0v) is 10.3. The minimum absolute atomic E-state index is 0.182. The molecule has 0 spiro atoms. The Morgan fingerprint density at radius 3 is 2.67 bits per heavy atom. The van der Waals surface area contributed by atoms with Crippen molar-refractivity contribution < 1.29 is 0 Å². The van der Waals surface area contributed by atoms with Crippen LogP contribution in [0.5, 0.6) is 0 Å². The fourth-order valence-electron chi connectivity index (χ4n) is 0.843. The lowest BCUT2D eigenvalue weighted by Gasteiger charge is -1.97. The Morgan fingerprint density at radius 1 is 1.27 bits per heavy atom. The molecule has 0 aromatic carbocycles. The molecular weight excluding hydrogens is 327 g/mol. The molecule has 0 aliphatic rings. The van der Waals surface area contributed by atoms with Gasteiger partial charge in [-0.15, -0.1) is 0 Å². The van der Waals surface area contributed by atoms with Gasteiger partial charge >= 0.3 is 0 Å². The first-order valence-corrected chi connectivity index (χ1v) is 5.84. The van der Waals surface area contributed by atoms with E-state index in [9.17, 15) is 4.79 Å². The third kappa shape index (κ3) is 2.99. The highest BCUT2D eigenvalue weighted by atomic mass is 127. The Labute approximate surface area is 103 Å². The third-order valence-electron chi connectivity index (χ3n) is 1.43. The van der Waals surface area contributed by atoms with E-state index < -0.39 is 0 Å². The van der Waals surface area contributed by atoms with Crippen molar-refractivity contribution in [1.82, 2.24) is 19.9 Å². The number of nitrogens with one attached hydrogen (secondary N) is 1. The molecule has 0 bridgehead atoms. The van der Waals surface area contributed by atoms with Gasteiger partial charge in [0.2, 0.25) is 0 Å². The number of aromatic amines is 1. The van der Waals surface area contributed by atoms with Crippen LogP contribution in [0.4, 0.5) is 0 Å². The van der Waals surface area contributed by atoms with E-state index in [1.165, 1.54) is 24.0 Å². The van der Waals surface area contributed by atoms with Crippen LogP contribution in [-0.4, -0.2) is 19.9 Å². The normalized spacial score (nSPS) is 10.2. The van der Waals surface area contributed by atoms with Crippen LogP contribution in [-0.2, 0) is 0 Å². The Bertz CT molecular complexity index is 513. The van der Waals surface area contributed by atoms with Crippen molar-refractivity contribution >= 4 is 34.4 Å². The number of hydrogen-bond donors (Lipinski definition) is 1. The van der Waals surface area contributed by atoms with Crippen LogP contribution in [0.1, 0.15) is 0 Å². The van der Waals surface area contributed by atoms with E-state index in [0.29, 0.717) is 10.3 Å². The van der Waals surface area contributed by atoms with Crippen LogP contribution < -0.4 is 5.56 Å². The van der Waals surface area contributed by atoms with Gasteiger partial charge in [0.15, 0.2) is 10.3 Å². The lowest BCUT2D eigenvalue weighted by atomic mass is 10.7. The smallest absolute Gasteiger partial charge is 0.251 e. The largest absolute Gasteiger partial charge is 0.301 e.